The number of hydrogen-bond donors (Lipinski definition) is 2. The number of hydrogen-bond acceptors (Lipinski definition) is 3. The number of nitrogens with one attached hydrogen (secondary N) is 1. The van der Waals surface area contributed by atoms with Crippen molar-refractivity contribution in [3.8, 4) is 0 Å². The van der Waals surface area contributed by atoms with Crippen molar-refractivity contribution < 1.29 is 14.7 Å². The maximum atomic E-state index is 11.7. The molecule has 6 heteroatoms. The Bertz CT molecular complexity index is 439. The van der Waals surface area contributed by atoms with E-state index in [4.69, 9.17) is 5.11 Å². The van der Waals surface area contributed by atoms with Crippen LogP contribution in [0.4, 0.5) is 0 Å². The molecule has 0 aliphatic rings. The van der Waals surface area contributed by atoms with Gasteiger partial charge in [-0.3, -0.25) is 4.79 Å². The number of carbonyl (C=O) groups excluding carboxylic acids is 1. The zero-order valence-corrected chi connectivity index (χ0v) is 12.1. The van der Waals surface area contributed by atoms with Crippen LogP contribution in [0.5, 0.6) is 0 Å². The number of carbonyl (C=O) groups is 2. The molecule has 0 saturated heterocycles. The van der Waals surface area contributed by atoms with Gasteiger partial charge in [-0.05, 0) is 38.2 Å². The van der Waals surface area contributed by atoms with Crippen molar-refractivity contribution in [2.24, 2.45) is 0 Å². The zero-order chi connectivity index (χ0) is 15.0. The molecule has 0 saturated carbocycles. The van der Waals surface area contributed by atoms with Gasteiger partial charge in [-0.25, -0.2) is 4.79 Å². The average molecular weight is 281 g/mol. The molecule has 112 valence electrons. The summed E-state index contributed by atoms with van der Waals surface area (Å²) in [6, 6.07) is 3.10. The average Bonchev–Trinajstić information content (AvgIpc) is 2.87. The molecule has 0 bridgehead atoms. The molecular formula is C14H23N3O3. The van der Waals surface area contributed by atoms with E-state index in [0.717, 1.165) is 26.1 Å². The molecule has 0 radical (unpaired) electrons. The van der Waals surface area contributed by atoms with Gasteiger partial charge in [0.2, 0.25) is 5.91 Å². The lowest BCUT2D eigenvalue weighted by Crippen LogP contribution is -2.32. The van der Waals surface area contributed by atoms with Crippen molar-refractivity contribution in [3.63, 3.8) is 0 Å². The van der Waals surface area contributed by atoms with E-state index in [1.54, 1.807) is 12.3 Å². The number of carboxylic acid groups (broad SMARTS) is 1. The van der Waals surface area contributed by atoms with Crippen molar-refractivity contribution in [1.29, 1.82) is 0 Å². The molecule has 0 unspecified atom stereocenters. The van der Waals surface area contributed by atoms with Gasteiger partial charge < -0.3 is 19.9 Å². The topological polar surface area (TPSA) is 74.6 Å². The zero-order valence-electron chi connectivity index (χ0n) is 12.1. The third-order valence-corrected chi connectivity index (χ3v) is 3.23. The maximum absolute atomic E-state index is 11.7. The van der Waals surface area contributed by atoms with Crippen molar-refractivity contribution in [2.45, 2.75) is 26.8 Å². The Morgan fingerprint density at radius 1 is 1.35 bits per heavy atom. The Balaban J connectivity index is 2.30. The van der Waals surface area contributed by atoms with Crippen LogP contribution in [0.1, 0.15) is 30.8 Å². The fraction of sp³-hybridized carbons (Fsp3) is 0.571. The van der Waals surface area contributed by atoms with Gasteiger partial charge in [-0.2, -0.15) is 0 Å². The minimum atomic E-state index is -1.02. The number of aromatic carboxylic acids is 1. The quantitative estimate of drug-likeness (QED) is 0.663. The third-order valence-electron chi connectivity index (χ3n) is 3.23. The second kappa shape index (κ2) is 8.37. The molecule has 1 amide bonds. The van der Waals surface area contributed by atoms with Crippen molar-refractivity contribution >= 4 is 11.9 Å². The van der Waals surface area contributed by atoms with E-state index in [1.165, 1.54) is 10.6 Å². The smallest absolute Gasteiger partial charge is 0.352 e. The second-order valence-corrected chi connectivity index (χ2v) is 4.56. The Morgan fingerprint density at radius 3 is 2.65 bits per heavy atom. The molecule has 1 heterocycles. The summed E-state index contributed by atoms with van der Waals surface area (Å²) in [5.41, 5.74) is 0.128. The molecule has 0 atom stereocenters. The van der Waals surface area contributed by atoms with Crippen LogP contribution in [0.15, 0.2) is 18.3 Å². The van der Waals surface area contributed by atoms with Crippen LogP contribution in [0.25, 0.3) is 0 Å². The Hall–Kier alpha value is -1.82. The van der Waals surface area contributed by atoms with Gasteiger partial charge in [0, 0.05) is 12.7 Å². The van der Waals surface area contributed by atoms with E-state index in [9.17, 15) is 9.59 Å². The number of nitrogens with zero attached hydrogens (tertiary/aromatic N) is 2. The largest absolute Gasteiger partial charge is 0.477 e. The van der Waals surface area contributed by atoms with Crippen LogP contribution in [-0.4, -0.2) is 52.6 Å². The Labute approximate surface area is 119 Å². The van der Waals surface area contributed by atoms with Crippen LogP contribution in [0.2, 0.25) is 0 Å². The minimum Gasteiger partial charge on any atom is -0.477 e. The highest BCUT2D eigenvalue weighted by Gasteiger charge is 2.11. The summed E-state index contributed by atoms with van der Waals surface area (Å²) < 4.78 is 1.43. The van der Waals surface area contributed by atoms with Gasteiger partial charge in [0.25, 0.3) is 0 Å². The first-order chi connectivity index (χ1) is 9.58. The molecule has 20 heavy (non-hydrogen) atoms. The predicted octanol–water partition coefficient (Wildman–Crippen LogP) is 1.03. The molecule has 0 aliphatic carbocycles. The summed E-state index contributed by atoms with van der Waals surface area (Å²) in [7, 11) is 0. The first-order valence-electron chi connectivity index (χ1n) is 6.96. The van der Waals surface area contributed by atoms with Gasteiger partial charge >= 0.3 is 5.97 Å². The molecule has 0 fully saturated rings. The van der Waals surface area contributed by atoms with Gasteiger partial charge in [-0.15, -0.1) is 0 Å². The third kappa shape index (κ3) is 5.05. The van der Waals surface area contributed by atoms with E-state index in [0.29, 0.717) is 6.54 Å². The monoisotopic (exact) mass is 281 g/mol. The summed E-state index contributed by atoms with van der Waals surface area (Å²) in [5.74, 6) is -1.19. The van der Waals surface area contributed by atoms with Crippen LogP contribution in [0.3, 0.4) is 0 Å². The molecule has 1 aromatic rings. The number of aromatic nitrogens is 1. The van der Waals surface area contributed by atoms with Gasteiger partial charge in [0.15, 0.2) is 0 Å². The van der Waals surface area contributed by atoms with E-state index in [-0.39, 0.29) is 18.1 Å². The molecule has 0 aromatic carbocycles. The molecule has 2 N–H and O–H groups in total. The van der Waals surface area contributed by atoms with Crippen LogP contribution in [-0.2, 0) is 11.3 Å². The standard InChI is InChI=1S/C14H23N3O3/c1-3-16(4-2)9-6-8-15-13(18)11-17-10-5-7-12(17)14(19)20/h5,7,10H,3-4,6,8-9,11H2,1-2H3,(H,15,18)(H,19,20). The van der Waals surface area contributed by atoms with Crippen LogP contribution in [0, 0.1) is 0 Å². The summed E-state index contributed by atoms with van der Waals surface area (Å²) in [6.45, 7) is 7.85. The van der Waals surface area contributed by atoms with Crippen molar-refractivity contribution in [2.75, 3.05) is 26.2 Å². The molecular weight excluding hydrogens is 258 g/mol. The molecule has 1 aromatic heterocycles. The maximum Gasteiger partial charge on any atom is 0.352 e. The normalized spacial score (nSPS) is 10.8. The lowest BCUT2D eigenvalue weighted by Gasteiger charge is -2.17. The van der Waals surface area contributed by atoms with Gasteiger partial charge in [0.1, 0.15) is 12.2 Å². The predicted molar refractivity (Wildman–Crippen MR) is 76.8 cm³/mol. The summed E-state index contributed by atoms with van der Waals surface area (Å²) >= 11 is 0. The summed E-state index contributed by atoms with van der Waals surface area (Å²) in [5, 5.41) is 11.8. The molecule has 6 nitrogen and oxygen atoms in total. The molecule has 0 aliphatic heterocycles. The fourth-order valence-corrected chi connectivity index (χ4v) is 2.03. The van der Waals surface area contributed by atoms with Crippen LogP contribution >= 0.6 is 0 Å². The highest BCUT2D eigenvalue weighted by molar-refractivity contribution is 5.86. The van der Waals surface area contributed by atoms with E-state index < -0.39 is 5.97 Å². The number of amides is 1. The number of carboxylic acids is 1. The first kappa shape index (κ1) is 16.2. The first-order valence-corrected chi connectivity index (χ1v) is 6.96. The van der Waals surface area contributed by atoms with Gasteiger partial charge in [0.05, 0.1) is 0 Å². The Morgan fingerprint density at radius 2 is 2.05 bits per heavy atom. The molecule has 1 rings (SSSR count). The highest BCUT2D eigenvalue weighted by atomic mass is 16.4. The number of rotatable bonds is 9. The lowest BCUT2D eigenvalue weighted by molar-refractivity contribution is -0.121. The molecule has 0 spiro atoms. The minimum absolute atomic E-state index is 0.0416. The van der Waals surface area contributed by atoms with Gasteiger partial charge in [-0.1, -0.05) is 13.8 Å². The summed E-state index contributed by atoms with van der Waals surface area (Å²) in [4.78, 5) is 24.9. The second-order valence-electron chi connectivity index (χ2n) is 4.56. The SMILES string of the molecule is CCN(CC)CCCNC(=O)Cn1cccc1C(=O)O. The van der Waals surface area contributed by atoms with E-state index >= 15 is 0 Å². The van der Waals surface area contributed by atoms with Crippen molar-refractivity contribution in [3.05, 3.63) is 24.0 Å². The van der Waals surface area contributed by atoms with Crippen LogP contribution < -0.4 is 5.32 Å². The highest BCUT2D eigenvalue weighted by Crippen LogP contribution is 2.01. The van der Waals surface area contributed by atoms with Crippen molar-refractivity contribution in [1.82, 2.24) is 14.8 Å². The Kier molecular flexibility index (Phi) is 6.79. The van der Waals surface area contributed by atoms with E-state index in [1.807, 2.05) is 0 Å². The fourth-order valence-electron chi connectivity index (χ4n) is 2.03. The van der Waals surface area contributed by atoms with E-state index in [2.05, 4.69) is 24.1 Å². The summed E-state index contributed by atoms with van der Waals surface area (Å²) in [6.07, 6.45) is 2.49. The lowest BCUT2D eigenvalue weighted by atomic mass is 10.3.